The first kappa shape index (κ1) is 23.9. The van der Waals surface area contributed by atoms with Crippen molar-refractivity contribution in [2.75, 3.05) is 30.3 Å². The summed E-state index contributed by atoms with van der Waals surface area (Å²) < 4.78 is 10.5. The van der Waals surface area contributed by atoms with Crippen molar-refractivity contribution in [3.63, 3.8) is 0 Å². The average Bonchev–Trinajstić information content (AvgIpc) is 2.89. The number of non-ortho nitro benzene ring substituents is 1. The minimum absolute atomic E-state index is 0.0221. The van der Waals surface area contributed by atoms with E-state index in [2.05, 4.69) is 36.1 Å². The van der Waals surface area contributed by atoms with Crippen LogP contribution < -0.4 is 25.5 Å². The van der Waals surface area contributed by atoms with Crippen molar-refractivity contribution < 1.29 is 14.4 Å². The van der Waals surface area contributed by atoms with Gasteiger partial charge in [0, 0.05) is 29.1 Å². The van der Waals surface area contributed by atoms with Crippen molar-refractivity contribution in [1.29, 1.82) is 0 Å². The Balaban J connectivity index is 1.59. The summed E-state index contributed by atoms with van der Waals surface area (Å²) in [5, 5.41) is 21.3. The quantitative estimate of drug-likeness (QED) is 0.163. The molecule has 0 spiro atoms. The highest BCUT2D eigenvalue weighted by atomic mass is 16.6. The Morgan fingerprint density at radius 1 is 0.806 bits per heavy atom. The number of nitro benzene ring substituents is 1. The smallest absolute Gasteiger partial charge is 0.269 e. The fourth-order valence-electron chi connectivity index (χ4n) is 3.07. The predicted molar refractivity (Wildman–Crippen MR) is 137 cm³/mol. The molecule has 36 heavy (non-hydrogen) atoms. The number of nitro groups is 1. The zero-order valence-corrected chi connectivity index (χ0v) is 19.4. The van der Waals surface area contributed by atoms with Gasteiger partial charge in [-0.2, -0.15) is 20.1 Å². The Hall–Kier alpha value is -5.26. The van der Waals surface area contributed by atoms with Crippen LogP contribution in [0.3, 0.4) is 0 Å². The Kier molecular flexibility index (Phi) is 7.46. The molecule has 0 aliphatic rings. The largest absolute Gasteiger partial charge is 0.497 e. The first-order valence-corrected chi connectivity index (χ1v) is 10.6. The van der Waals surface area contributed by atoms with Gasteiger partial charge in [-0.25, -0.2) is 5.43 Å². The number of aromatic nitrogens is 3. The molecular formula is C24H22N8O4. The normalized spacial score (nSPS) is 10.6. The van der Waals surface area contributed by atoms with Crippen LogP contribution in [0.5, 0.6) is 11.5 Å². The number of hydrogen-bond acceptors (Lipinski definition) is 11. The minimum Gasteiger partial charge on any atom is -0.497 e. The zero-order valence-electron chi connectivity index (χ0n) is 19.4. The molecule has 12 nitrogen and oxygen atoms in total. The predicted octanol–water partition coefficient (Wildman–Crippen LogP) is 4.73. The molecule has 0 fully saturated rings. The van der Waals surface area contributed by atoms with Crippen LogP contribution in [-0.4, -0.2) is 40.3 Å². The van der Waals surface area contributed by atoms with Crippen LogP contribution in [0.1, 0.15) is 5.56 Å². The maximum absolute atomic E-state index is 10.9. The lowest BCUT2D eigenvalue weighted by molar-refractivity contribution is -0.384. The Morgan fingerprint density at radius 2 is 1.39 bits per heavy atom. The van der Waals surface area contributed by atoms with Gasteiger partial charge < -0.3 is 20.1 Å². The van der Waals surface area contributed by atoms with Crippen LogP contribution in [0.15, 0.2) is 77.9 Å². The van der Waals surface area contributed by atoms with Crippen molar-refractivity contribution in [2.45, 2.75) is 0 Å². The number of methoxy groups -OCH3 is 2. The highest BCUT2D eigenvalue weighted by molar-refractivity contribution is 5.83. The van der Waals surface area contributed by atoms with E-state index in [-0.39, 0.29) is 23.5 Å². The molecule has 0 aliphatic carbocycles. The van der Waals surface area contributed by atoms with Crippen LogP contribution in [0.25, 0.3) is 0 Å². The van der Waals surface area contributed by atoms with E-state index in [0.717, 1.165) is 11.3 Å². The highest BCUT2D eigenvalue weighted by Crippen LogP contribution is 2.22. The number of hydrazone groups is 1. The third kappa shape index (κ3) is 6.20. The van der Waals surface area contributed by atoms with Crippen LogP contribution in [-0.2, 0) is 0 Å². The molecule has 12 heteroatoms. The first-order chi connectivity index (χ1) is 17.5. The number of para-hydroxylation sites is 1. The lowest BCUT2D eigenvalue weighted by Crippen LogP contribution is -2.07. The number of benzene rings is 3. The summed E-state index contributed by atoms with van der Waals surface area (Å²) >= 11 is 0. The minimum atomic E-state index is -0.467. The number of ether oxygens (including phenoxy) is 2. The molecule has 0 saturated heterocycles. The molecule has 0 bridgehead atoms. The summed E-state index contributed by atoms with van der Waals surface area (Å²) in [6, 6.07) is 20.6. The van der Waals surface area contributed by atoms with Gasteiger partial charge in [0.15, 0.2) is 0 Å². The fourth-order valence-corrected chi connectivity index (χ4v) is 3.07. The van der Waals surface area contributed by atoms with E-state index in [9.17, 15) is 10.1 Å². The van der Waals surface area contributed by atoms with Gasteiger partial charge >= 0.3 is 0 Å². The molecule has 3 aromatic carbocycles. The van der Waals surface area contributed by atoms with Gasteiger partial charge in [0.1, 0.15) is 11.5 Å². The Morgan fingerprint density at radius 3 is 1.97 bits per heavy atom. The summed E-state index contributed by atoms with van der Waals surface area (Å²) in [5.41, 5.74) is 4.83. The van der Waals surface area contributed by atoms with Crippen LogP contribution >= 0.6 is 0 Å². The van der Waals surface area contributed by atoms with Gasteiger partial charge in [-0.05, 0) is 48.5 Å². The monoisotopic (exact) mass is 486 g/mol. The van der Waals surface area contributed by atoms with E-state index in [1.165, 1.54) is 12.1 Å². The standard InChI is InChI=1S/C24H22N8O4/c1-35-20-13-9-18(10-14-20)27-23-28-22(26-17-7-11-19(12-8-17)32(33)34)29-24(30-23)31-25-15-16-5-3-4-6-21(16)36-2/h3-15H,1-2H3,(H3,26,27,28,29,30,31)/b25-15-. The number of rotatable bonds is 10. The van der Waals surface area contributed by atoms with Gasteiger partial charge in [0.25, 0.3) is 5.69 Å². The topological polar surface area (TPSA) is 149 Å². The van der Waals surface area contributed by atoms with Crippen LogP contribution in [0.4, 0.5) is 34.9 Å². The SMILES string of the molecule is COc1ccc(Nc2nc(N/N=C\c3ccccc3OC)nc(Nc3ccc([N+](=O)[O-])cc3)n2)cc1. The molecule has 1 heterocycles. The molecule has 0 aliphatic heterocycles. The van der Waals surface area contributed by atoms with E-state index < -0.39 is 4.92 Å². The van der Waals surface area contributed by atoms with Crippen molar-refractivity contribution >= 4 is 41.1 Å². The molecular weight excluding hydrogens is 464 g/mol. The Bertz CT molecular complexity index is 1360. The molecule has 0 unspecified atom stereocenters. The second kappa shape index (κ2) is 11.2. The molecule has 0 amide bonds. The molecule has 0 radical (unpaired) electrons. The van der Waals surface area contributed by atoms with Gasteiger partial charge in [0.05, 0.1) is 25.4 Å². The van der Waals surface area contributed by atoms with Gasteiger partial charge in [-0.3, -0.25) is 10.1 Å². The van der Waals surface area contributed by atoms with Crippen LogP contribution in [0.2, 0.25) is 0 Å². The number of hydrogen-bond donors (Lipinski definition) is 3. The molecule has 182 valence electrons. The molecule has 3 N–H and O–H groups in total. The lowest BCUT2D eigenvalue weighted by atomic mass is 10.2. The van der Waals surface area contributed by atoms with Crippen molar-refractivity contribution in [2.24, 2.45) is 5.10 Å². The number of nitrogens with zero attached hydrogens (tertiary/aromatic N) is 5. The second-order valence-electron chi connectivity index (χ2n) is 7.20. The number of anilines is 5. The fraction of sp³-hybridized carbons (Fsp3) is 0.0833. The lowest BCUT2D eigenvalue weighted by Gasteiger charge is -2.10. The summed E-state index contributed by atoms with van der Waals surface area (Å²) in [6.45, 7) is 0. The van der Waals surface area contributed by atoms with Crippen molar-refractivity contribution in [3.8, 4) is 11.5 Å². The zero-order chi connectivity index (χ0) is 25.3. The van der Waals surface area contributed by atoms with Crippen molar-refractivity contribution in [3.05, 3.63) is 88.5 Å². The van der Waals surface area contributed by atoms with Crippen molar-refractivity contribution in [1.82, 2.24) is 15.0 Å². The molecule has 0 saturated carbocycles. The first-order valence-electron chi connectivity index (χ1n) is 10.6. The second-order valence-corrected chi connectivity index (χ2v) is 7.20. The maximum Gasteiger partial charge on any atom is 0.269 e. The summed E-state index contributed by atoms with van der Waals surface area (Å²) in [4.78, 5) is 23.6. The van der Waals surface area contributed by atoms with E-state index >= 15 is 0 Å². The molecule has 1 aromatic heterocycles. The third-order valence-corrected chi connectivity index (χ3v) is 4.82. The third-order valence-electron chi connectivity index (χ3n) is 4.82. The Labute approximate surface area is 206 Å². The maximum atomic E-state index is 10.9. The van der Waals surface area contributed by atoms with Gasteiger partial charge in [-0.15, -0.1) is 0 Å². The highest BCUT2D eigenvalue weighted by Gasteiger charge is 2.10. The molecule has 0 atom stereocenters. The van der Waals surface area contributed by atoms with Gasteiger partial charge in [-0.1, -0.05) is 12.1 Å². The molecule has 4 rings (SSSR count). The molecule has 4 aromatic rings. The van der Waals surface area contributed by atoms with E-state index in [4.69, 9.17) is 9.47 Å². The van der Waals surface area contributed by atoms with E-state index in [1.807, 2.05) is 36.4 Å². The van der Waals surface area contributed by atoms with E-state index in [0.29, 0.717) is 17.2 Å². The van der Waals surface area contributed by atoms with Crippen LogP contribution in [0, 0.1) is 10.1 Å². The number of nitrogens with one attached hydrogen (secondary N) is 3. The summed E-state index contributed by atoms with van der Waals surface area (Å²) in [5.74, 6) is 1.99. The van der Waals surface area contributed by atoms with Gasteiger partial charge in [0.2, 0.25) is 17.8 Å². The summed E-state index contributed by atoms with van der Waals surface area (Å²) in [7, 11) is 3.17. The van der Waals surface area contributed by atoms with E-state index in [1.54, 1.807) is 44.7 Å². The summed E-state index contributed by atoms with van der Waals surface area (Å²) in [6.07, 6.45) is 1.59. The average molecular weight is 486 g/mol.